The summed E-state index contributed by atoms with van der Waals surface area (Å²) in [5.41, 5.74) is 1.78. The van der Waals surface area contributed by atoms with Crippen LogP contribution in [-0.2, 0) is 0 Å². The lowest BCUT2D eigenvalue weighted by Crippen LogP contribution is -2.47. The predicted octanol–water partition coefficient (Wildman–Crippen LogP) is 1.53. The maximum Gasteiger partial charge on any atom is 0.270 e. The van der Waals surface area contributed by atoms with Crippen molar-refractivity contribution < 1.29 is 4.79 Å². The molecule has 2 aromatic heterocycles. The zero-order valence-electron chi connectivity index (χ0n) is 14.9. The van der Waals surface area contributed by atoms with E-state index in [1.165, 1.54) is 25.2 Å². The highest BCUT2D eigenvalue weighted by molar-refractivity contribution is 7.17. The Balaban J connectivity index is 1.35. The Kier molecular flexibility index (Phi) is 4.30. The molecule has 0 aliphatic carbocycles. The highest BCUT2D eigenvalue weighted by Gasteiger charge is 2.33. The molecule has 0 spiro atoms. The van der Waals surface area contributed by atoms with Gasteiger partial charge in [-0.25, -0.2) is 4.98 Å². The molecule has 2 bridgehead atoms. The van der Waals surface area contributed by atoms with Crippen LogP contribution < -0.4 is 15.5 Å². The Morgan fingerprint density at radius 3 is 3.00 bits per heavy atom. The third kappa shape index (κ3) is 3.08. The Bertz CT molecular complexity index is 803. The van der Waals surface area contributed by atoms with E-state index in [1.807, 2.05) is 12.3 Å². The summed E-state index contributed by atoms with van der Waals surface area (Å²) in [6.07, 6.45) is 4.24. The average Bonchev–Trinajstić information content (AvgIpc) is 3.24. The van der Waals surface area contributed by atoms with Crippen LogP contribution in [0.1, 0.15) is 23.3 Å². The van der Waals surface area contributed by atoms with Gasteiger partial charge in [-0.15, -0.1) is 11.3 Å². The first-order chi connectivity index (χ1) is 12.8. The second-order valence-corrected chi connectivity index (χ2v) is 8.66. The van der Waals surface area contributed by atoms with E-state index in [1.54, 1.807) is 11.3 Å². The minimum absolute atomic E-state index is 0.0307. The largest absolute Gasteiger partial charge is 0.368 e. The number of hydrogen-bond donors (Lipinski definition) is 2. The number of piperazine rings is 1. The first kappa shape index (κ1) is 16.5. The van der Waals surface area contributed by atoms with Gasteiger partial charge in [0.15, 0.2) is 0 Å². The van der Waals surface area contributed by atoms with Crippen molar-refractivity contribution in [1.29, 1.82) is 0 Å². The van der Waals surface area contributed by atoms with Gasteiger partial charge in [-0.2, -0.15) is 0 Å². The summed E-state index contributed by atoms with van der Waals surface area (Å²) in [6, 6.07) is 2.24. The number of nitrogens with one attached hydrogen (secondary N) is 2. The first-order valence-electron chi connectivity index (χ1n) is 9.62. The van der Waals surface area contributed by atoms with Crippen molar-refractivity contribution in [3.05, 3.63) is 23.3 Å². The highest BCUT2D eigenvalue weighted by Crippen LogP contribution is 2.33. The van der Waals surface area contributed by atoms with Crippen molar-refractivity contribution in [2.75, 3.05) is 50.7 Å². The van der Waals surface area contributed by atoms with E-state index in [9.17, 15) is 4.79 Å². The van der Waals surface area contributed by atoms with Crippen molar-refractivity contribution in [2.24, 2.45) is 5.92 Å². The standard InChI is InChI=1S/C19H25N5OS/c25-19(22-14-7-13-1-4-23(10-13)11-14)16-8-15-17(12-26-18(15)9-21-16)24-5-2-20-3-6-24/h8-9,12-14,20H,1-7,10-11H2,(H,22,25)/t13-,14-/m1/s1. The van der Waals surface area contributed by atoms with Crippen LogP contribution in [0, 0.1) is 5.92 Å². The van der Waals surface area contributed by atoms with E-state index in [2.05, 4.69) is 30.8 Å². The summed E-state index contributed by atoms with van der Waals surface area (Å²) >= 11 is 1.71. The minimum Gasteiger partial charge on any atom is -0.368 e. The molecule has 7 heteroatoms. The Labute approximate surface area is 157 Å². The fourth-order valence-electron chi connectivity index (χ4n) is 4.62. The number of nitrogens with zero attached hydrogens (tertiary/aromatic N) is 3. The maximum atomic E-state index is 12.8. The molecule has 1 amide bonds. The topological polar surface area (TPSA) is 60.5 Å². The van der Waals surface area contributed by atoms with Crippen LogP contribution in [0.25, 0.3) is 10.1 Å². The second kappa shape index (κ2) is 6.79. The molecule has 0 saturated carbocycles. The molecule has 6 nitrogen and oxygen atoms in total. The number of pyridine rings is 1. The molecule has 3 atom stereocenters. The maximum absolute atomic E-state index is 12.8. The summed E-state index contributed by atoms with van der Waals surface area (Å²) in [5.74, 6) is 0.720. The van der Waals surface area contributed by atoms with E-state index >= 15 is 0 Å². The van der Waals surface area contributed by atoms with Crippen LogP contribution in [0.2, 0.25) is 0 Å². The third-order valence-electron chi connectivity index (χ3n) is 5.93. The first-order valence-corrected chi connectivity index (χ1v) is 10.5. The minimum atomic E-state index is -0.0307. The number of aromatic nitrogens is 1. The lowest BCUT2D eigenvalue weighted by molar-refractivity contribution is 0.0904. The molecule has 3 aliphatic rings. The molecule has 2 N–H and O–H groups in total. The van der Waals surface area contributed by atoms with Gasteiger partial charge in [0.25, 0.3) is 5.91 Å². The van der Waals surface area contributed by atoms with E-state index in [0.717, 1.165) is 55.1 Å². The van der Waals surface area contributed by atoms with Crippen molar-refractivity contribution in [3.8, 4) is 0 Å². The molecule has 2 aromatic rings. The fourth-order valence-corrected chi connectivity index (χ4v) is 5.54. The van der Waals surface area contributed by atoms with Crippen molar-refractivity contribution >= 4 is 33.0 Å². The number of hydrogen-bond acceptors (Lipinski definition) is 6. The van der Waals surface area contributed by atoms with E-state index in [4.69, 9.17) is 0 Å². The van der Waals surface area contributed by atoms with Gasteiger partial charge in [0.1, 0.15) is 5.69 Å². The van der Waals surface area contributed by atoms with E-state index in [-0.39, 0.29) is 11.9 Å². The highest BCUT2D eigenvalue weighted by atomic mass is 32.1. The lowest BCUT2D eigenvalue weighted by Gasteiger charge is -2.30. The summed E-state index contributed by atoms with van der Waals surface area (Å²) in [5, 5.41) is 9.98. The fraction of sp³-hybridized carbons (Fsp3) is 0.579. The van der Waals surface area contributed by atoms with Crippen LogP contribution in [0.5, 0.6) is 0 Å². The van der Waals surface area contributed by atoms with Gasteiger partial charge in [0, 0.05) is 62.3 Å². The SMILES string of the molecule is O=C(N[C@@H]1C[C@H]2CCN(C2)C1)c1cc2c(N3CCNCC3)csc2cn1. The molecule has 3 saturated heterocycles. The van der Waals surface area contributed by atoms with E-state index in [0.29, 0.717) is 5.69 Å². The van der Waals surface area contributed by atoms with Crippen LogP contribution in [-0.4, -0.2) is 67.6 Å². The Morgan fingerprint density at radius 1 is 1.27 bits per heavy atom. The van der Waals surface area contributed by atoms with Gasteiger partial charge >= 0.3 is 0 Å². The number of thiophene rings is 1. The zero-order valence-corrected chi connectivity index (χ0v) is 15.7. The molecule has 0 radical (unpaired) electrons. The van der Waals surface area contributed by atoms with E-state index < -0.39 is 0 Å². The Morgan fingerprint density at radius 2 is 2.15 bits per heavy atom. The van der Waals surface area contributed by atoms with Gasteiger partial charge in [0.05, 0.1) is 10.4 Å². The molecule has 5 heterocycles. The van der Waals surface area contributed by atoms with Crippen LogP contribution in [0.4, 0.5) is 5.69 Å². The van der Waals surface area contributed by atoms with Crippen molar-refractivity contribution in [1.82, 2.24) is 20.5 Å². The quantitative estimate of drug-likeness (QED) is 0.857. The van der Waals surface area contributed by atoms with Gasteiger partial charge in [-0.05, 0) is 31.4 Å². The molecule has 5 rings (SSSR count). The average molecular weight is 372 g/mol. The second-order valence-electron chi connectivity index (χ2n) is 7.74. The summed E-state index contributed by atoms with van der Waals surface area (Å²) in [6.45, 7) is 7.41. The Hall–Kier alpha value is -1.70. The predicted molar refractivity (Wildman–Crippen MR) is 105 cm³/mol. The number of fused-ring (bicyclic) bond motifs is 3. The van der Waals surface area contributed by atoms with Crippen LogP contribution in [0.15, 0.2) is 17.6 Å². The number of amides is 1. The number of piperidine rings is 1. The molecule has 3 aliphatic heterocycles. The molecule has 0 aromatic carbocycles. The van der Waals surface area contributed by atoms with Gasteiger partial charge in [0.2, 0.25) is 0 Å². The molecule has 1 unspecified atom stereocenters. The van der Waals surface area contributed by atoms with Gasteiger partial charge < -0.3 is 20.4 Å². The summed E-state index contributed by atoms with van der Waals surface area (Å²) < 4.78 is 1.15. The molecule has 26 heavy (non-hydrogen) atoms. The molecular formula is C19H25N5OS. The van der Waals surface area contributed by atoms with Crippen molar-refractivity contribution in [3.63, 3.8) is 0 Å². The summed E-state index contributed by atoms with van der Waals surface area (Å²) in [4.78, 5) is 22.1. The lowest BCUT2D eigenvalue weighted by atomic mass is 9.97. The van der Waals surface area contributed by atoms with Crippen LogP contribution in [0.3, 0.4) is 0 Å². The number of anilines is 1. The number of carbonyl (C=O) groups excluding carboxylic acids is 1. The van der Waals surface area contributed by atoms with Crippen LogP contribution >= 0.6 is 11.3 Å². The normalized spacial score (nSPS) is 28.5. The molecule has 138 valence electrons. The zero-order chi connectivity index (χ0) is 17.5. The smallest absolute Gasteiger partial charge is 0.270 e. The molecule has 3 fully saturated rings. The van der Waals surface area contributed by atoms with Gasteiger partial charge in [-0.1, -0.05) is 0 Å². The number of rotatable bonds is 3. The number of carbonyl (C=O) groups is 1. The van der Waals surface area contributed by atoms with Crippen molar-refractivity contribution in [2.45, 2.75) is 18.9 Å². The monoisotopic (exact) mass is 371 g/mol. The summed E-state index contributed by atoms with van der Waals surface area (Å²) in [7, 11) is 0. The molecular weight excluding hydrogens is 346 g/mol. The third-order valence-corrected chi connectivity index (χ3v) is 6.85. The van der Waals surface area contributed by atoms with Gasteiger partial charge in [-0.3, -0.25) is 4.79 Å².